The van der Waals surface area contributed by atoms with Crippen LogP contribution in [0.4, 0.5) is 5.69 Å². The summed E-state index contributed by atoms with van der Waals surface area (Å²) in [5.41, 5.74) is 0.383. The molecule has 94 valence electrons. The molecule has 0 saturated heterocycles. The molecule has 0 unspecified atom stereocenters. The third-order valence-corrected chi connectivity index (χ3v) is 2.19. The Morgan fingerprint density at radius 2 is 2.24 bits per heavy atom. The normalized spacial score (nSPS) is 10.0. The molecule has 0 heterocycles. The zero-order chi connectivity index (χ0) is 12.7. The Labute approximate surface area is 101 Å². The first kappa shape index (κ1) is 13.3. The zero-order valence-electron chi connectivity index (χ0n) is 10.1. The molecule has 0 atom stereocenters. The van der Waals surface area contributed by atoms with E-state index in [2.05, 4.69) is 10.6 Å². The maximum absolute atomic E-state index is 11.5. The molecule has 1 aromatic carbocycles. The SMILES string of the molecule is CCCNCC(=O)Nc1ccc(OC)cc1O. The quantitative estimate of drug-likeness (QED) is 0.516. The number of hydrogen-bond acceptors (Lipinski definition) is 4. The summed E-state index contributed by atoms with van der Waals surface area (Å²) in [4.78, 5) is 11.5. The van der Waals surface area contributed by atoms with Gasteiger partial charge in [0.25, 0.3) is 0 Å². The topological polar surface area (TPSA) is 70.6 Å². The van der Waals surface area contributed by atoms with Gasteiger partial charge in [0, 0.05) is 6.07 Å². The minimum atomic E-state index is -0.182. The van der Waals surface area contributed by atoms with Crippen LogP contribution in [0.1, 0.15) is 13.3 Å². The van der Waals surface area contributed by atoms with E-state index in [4.69, 9.17) is 4.74 Å². The average molecular weight is 238 g/mol. The summed E-state index contributed by atoms with van der Waals surface area (Å²) in [6.45, 7) is 3.06. The largest absolute Gasteiger partial charge is 0.506 e. The fourth-order valence-corrected chi connectivity index (χ4v) is 1.32. The van der Waals surface area contributed by atoms with E-state index < -0.39 is 0 Å². The fraction of sp³-hybridized carbons (Fsp3) is 0.417. The summed E-state index contributed by atoms with van der Waals surface area (Å²) in [6.07, 6.45) is 0.973. The van der Waals surface area contributed by atoms with E-state index in [-0.39, 0.29) is 18.2 Å². The highest BCUT2D eigenvalue weighted by molar-refractivity contribution is 5.93. The van der Waals surface area contributed by atoms with Crippen molar-refractivity contribution in [1.82, 2.24) is 5.32 Å². The van der Waals surface area contributed by atoms with E-state index in [0.717, 1.165) is 13.0 Å². The molecule has 0 bridgehead atoms. The standard InChI is InChI=1S/C12H18N2O3/c1-3-6-13-8-12(16)14-10-5-4-9(17-2)7-11(10)15/h4-5,7,13,15H,3,6,8H2,1-2H3,(H,14,16). The van der Waals surface area contributed by atoms with Crippen LogP contribution in [0, 0.1) is 0 Å². The van der Waals surface area contributed by atoms with Crippen LogP contribution < -0.4 is 15.4 Å². The number of ether oxygens (including phenoxy) is 1. The Kier molecular flexibility index (Phi) is 5.29. The van der Waals surface area contributed by atoms with E-state index in [1.807, 2.05) is 6.92 Å². The number of aromatic hydroxyl groups is 1. The van der Waals surface area contributed by atoms with Crippen molar-refractivity contribution in [3.05, 3.63) is 18.2 Å². The molecule has 1 rings (SSSR count). The predicted molar refractivity (Wildman–Crippen MR) is 66.4 cm³/mol. The average Bonchev–Trinajstić information content (AvgIpc) is 2.32. The third kappa shape index (κ3) is 4.32. The lowest BCUT2D eigenvalue weighted by atomic mass is 10.2. The van der Waals surface area contributed by atoms with E-state index >= 15 is 0 Å². The van der Waals surface area contributed by atoms with Crippen LogP contribution in [-0.4, -0.2) is 31.2 Å². The molecule has 0 aliphatic rings. The molecule has 5 heteroatoms. The van der Waals surface area contributed by atoms with Gasteiger partial charge < -0.3 is 20.5 Å². The monoisotopic (exact) mass is 238 g/mol. The van der Waals surface area contributed by atoms with Gasteiger partial charge >= 0.3 is 0 Å². The number of phenols is 1. The van der Waals surface area contributed by atoms with Gasteiger partial charge in [0.15, 0.2) is 0 Å². The molecule has 0 saturated carbocycles. The van der Waals surface area contributed by atoms with Gasteiger partial charge in [-0.15, -0.1) is 0 Å². The van der Waals surface area contributed by atoms with Gasteiger partial charge in [-0.2, -0.15) is 0 Å². The number of benzene rings is 1. The van der Waals surface area contributed by atoms with Gasteiger partial charge in [0.05, 0.1) is 19.3 Å². The number of nitrogens with one attached hydrogen (secondary N) is 2. The molecule has 1 aromatic rings. The van der Waals surface area contributed by atoms with Crippen molar-refractivity contribution >= 4 is 11.6 Å². The van der Waals surface area contributed by atoms with Crippen molar-refractivity contribution in [2.75, 3.05) is 25.5 Å². The molecule has 0 spiro atoms. The summed E-state index contributed by atoms with van der Waals surface area (Å²) in [7, 11) is 1.52. The number of anilines is 1. The van der Waals surface area contributed by atoms with Crippen molar-refractivity contribution in [2.24, 2.45) is 0 Å². The molecule has 0 fully saturated rings. The Hall–Kier alpha value is -1.75. The second-order valence-electron chi connectivity index (χ2n) is 3.61. The highest BCUT2D eigenvalue weighted by Crippen LogP contribution is 2.27. The molecule has 3 N–H and O–H groups in total. The fourth-order valence-electron chi connectivity index (χ4n) is 1.32. The summed E-state index contributed by atoms with van der Waals surface area (Å²) < 4.78 is 4.95. The van der Waals surface area contributed by atoms with Gasteiger partial charge in [0.1, 0.15) is 11.5 Å². The minimum Gasteiger partial charge on any atom is -0.506 e. The first-order valence-electron chi connectivity index (χ1n) is 5.55. The molecule has 17 heavy (non-hydrogen) atoms. The van der Waals surface area contributed by atoms with Crippen LogP contribution in [0.3, 0.4) is 0 Å². The first-order valence-corrected chi connectivity index (χ1v) is 5.55. The molecular formula is C12H18N2O3. The van der Waals surface area contributed by atoms with Gasteiger partial charge in [-0.05, 0) is 25.1 Å². The van der Waals surface area contributed by atoms with Crippen molar-refractivity contribution in [3.63, 3.8) is 0 Å². The second-order valence-corrected chi connectivity index (χ2v) is 3.61. The molecule has 1 amide bonds. The van der Waals surface area contributed by atoms with Crippen LogP contribution in [0.2, 0.25) is 0 Å². The Bertz CT molecular complexity index is 380. The summed E-state index contributed by atoms with van der Waals surface area (Å²) in [6, 6.07) is 4.73. The van der Waals surface area contributed by atoms with Crippen LogP contribution in [0.15, 0.2) is 18.2 Å². The molecule has 0 aromatic heterocycles. The number of carbonyl (C=O) groups excluding carboxylic acids is 1. The maximum Gasteiger partial charge on any atom is 0.238 e. The summed E-state index contributed by atoms with van der Waals surface area (Å²) in [5.74, 6) is 0.358. The second kappa shape index (κ2) is 6.75. The zero-order valence-corrected chi connectivity index (χ0v) is 10.1. The molecule has 5 nitrogen and oxygen atoms in total. The van der Waals surface area contributed by atoms with E-state index in [0.29, 0.717) is 11.4 Å². The number of carbonyl (C=O) groups is 1. The van der Waals surface area contributed by atoms with Crippen LogP contribution in [0.5, 0.6) is 11.5 Å². The Morgan fingerprint density at radius 1 is 1.47 bits per heavy atom. The van der Waals surface area contributed by atoms with E-state index in [1.165, 1.54) is 13.2 Å². The molecular weight excluding hydrogens is 220 g/mol. The van der Waals surface area contributed by atoms with Gasteiger partial charge in [-0.25, -0.2) is 0 Å². The maximum atomic E-state index is 11.5. The predicted octanol–water partition coefficient (Wildman–Crippen LogP) is 1.34. The van der Waals surface area contributed by atoms with Gasteiger partial charge in [0.2, 0.25) is 5.91 Å². The van der Waals surface area contributed by atoms with E-state index in [1.54, 1.807) is 12.1 Å². The first-order chi connectivity index (χ1) is 8.17. The van der Waals surface area contributed by atoms with Gasteiger partial charge in [-0.3, -0.25) is 4.79 Å². The van der Waals surface area contributed by atoms with Crippen LogP contribution in [-0.2, 0) is 4.79 Å². The molecule has 0 aliphatic carbocycles. The van der Waals surface area contributed by atoms with Crippen molar-refractivity contribution in [2.45, 2.75) is 13.3 Å². The van der Waals surface area contributed by atoms with Crippen LogP contribution >= 0.6 is 0 Å². The number of methoxy groups -OCH3 is 1. The van der Waals surface area contributed by atoms with Crippen molar-refractivity contribution in [3.8, 4) is 11.5 Å². The lowest BCUT2D eigenvalue weighted by Crippen LogP contribution is -2.28. The summed E-state index contributed by atoms with van der Waals surface area (Å²) >= 11 is 0. The number of amides is 1. The lowest BCUT2D eigenvalue weighted by Gasteiger charge is -2.09. The number of rotatable bonds is 6. The Morgan fingerprint density at radius 3 is 2.82 bits per heavy atom. The highest BCUT2D eigenvalue weighted by atomic mass is 16.5. The number of phenolic OH excluding ortho intramolecular Hbond substituents is 1. The third-order valence-electron chi connectivity index (χ3n) is 2.19. The molecule has 0 aliphatic heterocycles. The molecule has 0 radical (unpaired) electrons. The van der Waals surface area contributed by atoms with Crippen LogP contribution in [0.25, 0.3) is 0 Å². The number of hydrogen-bond donors (Lipinski definition) is 3. The minimum absolute atomic E-state index is 0.00630. The smallest absolute Gasteiger partial charge is 0.238 e. The highest BCUT2D eigenvalue weighted by Gasteiger charge is 2.06. The van der Waals surface area contributed by atoms with Crippen molar-refractivity contribution < 1.29 is 14.6 Å². The van der Waals surface area contributed by atoms with Gasteiger partial charge in [-0.1, -0.05) is 6.92 Å². The Balaban J connectivity index is 2.53. The lowest BCUT2D eigenvalue weighted by molar-refractivity contribution is -0.115. The summed E-state index contributed by atoms with van der Waals surface area (Å²) in [5, 5.41) is 15.2. The van der Waals surface area contributed by atoms with Crippen molar-refractivity contribution in [1.29, 1.82) is 0 Å². The van der Waals surface area contributed by atoms with E-state index in [9.17, 15) is 9.90 Å².